The first kappa shape index (κ1) is 13.0. The summed E-state index contributed by atoms with van der Waals surface area (Å²) in [7, 11) is 0. The summed E-state index contributed by atoms with van der Waals surface area (Å²) in [5.74, 6) is 0.146. The van der Waals surface area contributed by atoms with E-state index in [2.05, 4.69) is 26.8 Å². The van der Waals surface area contributed by atoms with Gasteiger partial charge in [-0.1, -0.05) is 37.6 Å². The second-order valence-corrected chi connectivity index (χ2v) is 5.37. The van der Waals surface area contributed by atoms with Crippen molar-refractivity contribution in [3.63, 3.8) is 0 Å². The van der Waals surface area contributed by atoms with E-state index in [1.54, 1.807) is 6.08 Å². The molecule has 0 aliphatic heterocycles. The van der Waals surface area contributed by atoms with E-state index in [1.165, 1.54) is 5.57 Å². The predicted molar refractivity (Wildman–Crippen MR) is 69.3 cm³/mol. The summed E-state index contributed by atoms with van der Waals surface area (Å²) in [6.07, 6.45) is 11.1. The van der Waals surface area contributed by atoms with Crippen LogP contribution in [0.5, 0.6) is 0 Å². The molecule has 0 aromatic rings. The van der Waals surface area contributed by atoms with Crippen LogP contribution in [0.1, 0.15) is 47.0 Å². The number of carbonyl (C=O) groups is 1. The summed E-state index contributed by atoms with van der Waals surface area (Å²) in [6.45, 7) is 8.40. The molecular weight excluding hydrogens is 196 g/mol. The lowest BCUT2D eigenvalue weighted by Gasteiger charge is -2.18. The molecule has 0 fully saturated rings. The summed E-state index contributed by atoms with van der Waals surface area (Å²) in [6, 6.07) is 0. The Kier molecular flexibility index (Phi) is 4.28. The Morgan fingerprint density at radius 1 is 1.19 bits per heavy atom. The lowest BCUT2D eigenvalue weighted by Crippen LogP contribution is -2.07. The molecule has 88 valence electrons. The number of hydrogen-bond donors (Lipinski definition) is 0. The number of allylic oxidation sites excluding steroid dienone is 6. The minimum absolute atomic E-state index is 0.0710. The molecule has 0 unspecified atom stereocenters. The van der Waals surface area contributed by atoms with Crippen molar-refractivity contribution in [3.05, 3.63) is 35.5 Å². The molecule has 0 radical (unpaired) electrons. The van der Waals surface area contributed by atoms with Crippen LogP contribution in [-0.2, 0) is 4.79 Å². The molecule has 0 saturated carbocycles. The van der Waals surface area contributed by atoms with Gasteiger partial charge in [0.15, 0.2) is 5.78 Å². The quantitative estimate of drug-likeness (QED) is 0.556. The van der Waals surface area contributed by atoms with Crippen molar-refractivity contribution in [3.8, 4) is 0 Å². The third-order valence-corrected chi connectivity index (χ3v) is 3.04. The summed E-state index contributed by atoms with van der Waals surface area (Å²) < 4.78 is 0. The molecule has 0 atom stereocenters. The summed E-state index contributed by atoms with van der Waals surface area (Å²) in [4.78, 5) is 11.7. The molecule has 0 amide bonds. The van der Waals surface area contributed by atoms with Gasteiger partial charge in [-0.2, -0.15) is 0 Å². The van der Waals surface area contributed by atoms with Crippen molar-refractivity contribution in [1.82, 2.24) is 0 Å². The van der Waals surface area contributed by atoms with E-state index >= 15 is 0 Å². The van der Waals surface area contributed by atoms with Crippen LogP contribution < -0.4 is 0 Å². The molecule has 0 N–H and O–H groups in total. The van der Waals surface area contributed by atoms with Crippen molar-refractivity contribution >= 4 is 5.78 Å². The molecule has 1 aliphatic carbocycles. The highest BCUT2D eigenvalue weighted by atomic mass is 16.1. The molecule has 0 bridgehead atoms. The van der Waals surface area contributed by atoms with Crippen molar-refractivity contribution in [2.75, 3.05) is 0 Å². The number of hydrogen-bond acceptors (Lipinski definition) is 1. The van der Waals surface area contributed by atoms with Crippen molar-refractivity contribution < 1.29 is 4.79 Å². The maximum atomic E-state index is 11.7. The molecule has 0 spiro atoms. The van der Waals surface area contributed by atoms with E-state index in [0.717, 1.165) is 24.8 Å². The maximum absolute atomic E-state index is 11.7. The fraction of sp³-hybridized carbons (Fsp3) is 0.533. The van der Waals surface area contributed by atoms with Crippen molar-refractivity contribution in [1.29, 1.82) is 0 Å². The van der Waals surface area contributed by atoms with Gasteiger partial charge in [-0.15, -0.1) is 0 Å². The van der Waals surface area contributed by atoms with Crippen LogP contribution in [0.3, 0.4) is 0 Å². The van der Waals surface area contributed by atoms with Gasteiger partial charge in [0.05, 0.1) is 0 Å². The zero-order chi connectivity index (χ0) is 12.2. The van der Waals surface area contributed by atoms with Gasteiger partial charge < -0.3 is 0 Å². The van der Waals surface area contributed by atoms with Gasteiger partial charge in [0.25, 0.3) is 0 Å². The fourth-order valence-electron chi connectivity index (χ4n) is 1.66. The van der Waals surface area contributed by atoms with Crippen LogP contribution in [-0.4, -0.2) is 5.78 Å². The highest BCUT2D eigenvalue weighted by Gasteiger charge is 2.13. The third-order valence-electron chi connectivity index (χ3n) is 3.04. The summed E-state index contributed by atoms with van der Waals surface area (Å²) >= 11 is 0. The first-order valence-corrected chi connectivity index (χ1v) is 5.97. The monoisotopic (exact) mass is 218 g/mol. The van der Waals surface area contributed by atoms with Crippen molar-refractivity contribution in [2.45, 2.75) is 47.0 Å². The van der Waals surface area contributed by atoms with Crippen LogP contribution in [0.2, 0.25) is 0 Å². The Morgan fingerprint density at radius 3 is 2.56 bits per heavy atom. The molecule has 16 heavy (non-hydrogen) atoms. The molecule has 1 aliphatic rings. The number of rotatable bonds is 0. The molecule has 1 nitrogen and oxygen atoms in total. The van der Waals surface area contributed by atoms with Gasteiger partial charge in [-0.25, -0.2) is 0 Å². The van der Waals surface area contributed by atoms with Crippen LogP contribution in [0.25, 0.3) is 0 Å². The van der Waals surface area contributed by atoms with E-state index in [4.69, 9.17) is 0 Å². The van der Waals surface area contributed by atoms with Crippen molar-refractivity contribution in [2.24, 2.45) is 5.41 Å². The molecule has 1 heteroatoms. The molecule has 1 rings (SSSR count). The SMILES string of the molecule is CC1=CCC(C)(C)/C=C/C(=O)/C(C)=C/CC1. The largest absolute Gasteiger partial charge is 0.290 e. The van der Waals surface area contributed by atoms with Gasteiger partial charge in [0.1, 0.15) is 0 Å². The standard InChI is InChI=1S/C15H22O/c1-12-6-5-7-13(2)14(16)9-11-15(3,4)10-8-12/h7-9,11H,5-6,10H2,1-4H3/b11-9+,12-8?,13-7+. The molecule has 0 heterocycles. The van der Waals surface area contributed by atoms with E-state index in [-0.39, 0.29) is 11.2 Å². The van der Waals surface area contributed by atoms with E-state index in [0.29, 0.717) is 0 Å². The van der Waals surface area contributed by atoms with Crippen LogP contribution in [0, 0.1) is 5.41 Å². The average Bonchev–Trinajstić information content (AvgIpc) is 2.23. The van der Waals surface area contributed by atoms with Crippen LogP contribution in [0.4, 0.5) is 0 Å². The van der Waals surface area contributed by atoms with E-state index in [1.807, 2.05) is 19.1 Å². The van der Waals surface area contributed by atoms with Gasteiger partial charge >= 0.3 is 0 Å². The normalized spacial score (nSPS) is 27.4. The maximum Gasteiger partial charge on any atom is 0.180 e. The van der Waals surface area contributed by atoms with E-state index in [9.17, 15) is 4.79 Å². The highest BCUT2D eigenvalue weighted by molar-refractivity contribution is 6.03. The Bertz CT molecular complexity index is 354. The Balaban J connectivity index is 2.95. The van der Waals surface area contributed by atoms with Gasteiger partial charge in [0.2, 0.25) is 0 Å². The second-order valence-electron chi connectivity index (χ2n) is 5.37. The van der Waals surface area contributed by atoms with Gasteiger partial charge in [0, 0.05) is 0 Å². The van der Waals surface area contributed by atoms with E-state index < -0.39 is 0 Å². The number of carbonyl (C=O) groups excluding carboxylic acids is 1. The van der Waals surface area contributed by atoms with Crippen LogP contribution >= 0.6 is 0 Å². The topological polar surface area (TPSA) is 17.1 Å². The molecule has 0 aromatic carbocycles. The predicted octanol–water partition coefficient (Wildman–Crippen LogP) is 4.21. The Hall–Kier alpha value is -1.11. The number of ketones is 1. The minimum atomic E-state index is 0.0710. The lowest BCUT2D eigenvalue weighted by atomic mass is 9.87. The van der Waals surface area contributed by atoms with Gasteiger partial charge in [-0.3, -0.25) is 4.79 Å². The second kappa shape index (κ2) is 5.29. The van der Waals surface area contributed by atoms with Crippen LogP contribution in [0.15, 0.2) is 35.5 Å². The first-order chi connectivity index (χ1) is 7.41. The molecule has 0 aromatic heterocycles. The zero-order valence-corrected chi connectivity index (χ0v) is 10.8. The Morgan fingerprint density at radius 2 is 1.88 bits per heavy atom. The molecule has 0 saturated heterocycles. The average molecular weight is 218 g/mol. The van der Waals surface area contributed by atoms with Gasteiger partial charge in [-0.05, 0) is 50.2 Å². The minimum Gasteiger partial charge on any atom is -0.290 e. The zero-order valence-electron chi connectivity index (χ0n) is 10.8. The highest BCUT2D eigenvalue weighted by Crippen LogP contribution is 2.25. The smallest absolute Gasteiger partial charge is 0.180 e. The Labute approximate surface area is 98.9 Å². The summed E-state index contributed by atoms with van der Waals surface area (Å²) in [5, 5.41) is 0. The third kappa shape index (κ3) is 4.18. The first-order valence-electron chi connectivity index (χ1n) is 5.97. The molecular formula is C15H22O. The lowest BCUT2D eigenvalue weighted by molar-refractivity contribution is -0.111. The summed E-state index contributed by atoms with van der Waals surface area (Å²) in [5.41, 5.74) is 2.35. The fourth-order valence-corrected chi connectivity index (χ4v) is 1.66.